The summed E-state index contributed by atoms with van der Waals surface area (Å²) >= 11 is 1.01. The van der Waals surface area contributed by atoms with Gasteiger partial charge in [0, 0.05) is 36.9 Å². The number of carboxylic acids is 1. The molecule has 3 aromatic heterocycles. The minimum atomic E-state index is -1.04. The van der Waals surface area contributed by atoms with Crippen molar-refractivity contribution in [3.05, 3.63) is 41.0 Å². The van der Waals surface area contributed by atoms with Gasteiger partial charge in [0.05, 0.1) is 11.2 Å². The van der Waals surface area contributed by atoms with Gasteiger partial charge in [0.1, 0.15) is 22.6 Å². The molecule has 0 saturated heterocycles. The van der Waals surface area contributed by atoms with Crippen LogP contribution in [-0.2, 0) is 14.3 Å². The van der Waals surface area contributed by atoms with E-state index in [1.165, 1.54) is 11.2 Å². The van der Waals surface area contributed by atoms with Crippen LogP contribution < -0.4 is 10.2 Å². The topological polar surface area (TPSA) is 174 Å². The zero-order chi connectivity index (χ0) is 29.9. The fourth-order valence-electron chi connectivity index (χ4n) is 4.09. The Morgan fingerprint density at radius 2 is 1.93 bits per heavy atom. The molecule has 0 unspecified atom stereocenters. The number of aromatic nitrogens is 5. The van der Waals surface area contributed by atoms with Crippen molar-refractivity contribution in [3.8, 4) is 11.4 Å². The summed E-state index contributed by atoms with van der Waals surface area (Å²) in [4.78, 5) is 52.6. The van der Waals surface area contributed by atoms with Crippen molar-refractivity contribution in [1.82, 2.24) is 25.1 Å². The van der Waals surface area contributed by atoms with E-state index in [0.29, 0.717) is 47.7 Å². The molecule has 216 valence electrons. The summed E-state index contributed by atoms with van der Waals surface area (Å²) in [6, 6.07) is 5.76. The second kappa shape index (κ2) is 12.0. The molecular formula is C27H31N7O6S. The van der Waals surface area contributed by atoms with Gasteiger partial charge in [-0.2, -0.15) is 4.98 Å². The van der Waals surface area contributed by atoms with Gasteiger partial charge in [-0.25, -0.2) is 19.7 Å². The molecule has 0 aliphatic heterocycles. The van der Waals surface area contributed by atoms with Gasteiger partial charge in [-0.1, -0.05) is 16.5 Å². The average Bonchev–Trinajstić information content (AvgIpc) is 3.50. The van der Waals surface area contributed by atoms with Crippen molar-refractivity contribution in [1.29, 1.82) is 0 Å². The standard InChI is InChI=1S/C22H21N7O4S.C5H10O2/c1-10-17(21(31)32)34-22(25-10)29(3)20(30)13-6-14(7-13)27-19-15-8-12(18-26-11(2)33-28-18)4-5-16(15)23-9-24-19;1-5(2,3)7-4-6/h4-5,8-9,13-14H,6-7H2,1-3H3,(H,31,32)(H,23,24,27);4H,1-3H3. The molecule has 4 aromatic rings. The highest BCUT2D eigenvalue weighted by molar-refractivity contribution is 7.17. The highest BCUT2D eigenvalue weighted by Gasteiger charge is 2.37. The third kappa shape index (κ3) is 7.01. The van der Waals surface area contributed by atoms with Crippen molar-refractivity contribution in [3.63, 3.8) is 0 Å². The summed E-state index contributed by atoms with van der Waals surface area (Å²) in [6.45, 7) is 9.28. The van der Waals surface area contributed by atoms with Crippen molar-refractivity contribution in [2.75, 3.05) is 17.3 Å². The van der Waals surface area contributed by atoms with Gasteiger partial charge < -0.3 is 19.7 Å². The van der Waals surface area contributed by atoms with E-state index in [4.69, 9.17) is 4.52 Å². The SMILES string of the molecule is CC(C)(C)OC=O.Cc1nc(-c2ccc3ncnc(NC4CC(C(=O)N(C)c5nc(C)c(C(=O)O)s5)C4)c3c2)no1. The number of thiazole rings is 1. The molecule has 0 atom stereocenters. The van der Waals surface area contributed by atoms with Crippen LogP contribution in [0.2, 0.25) is 0 Å². The molecule has 14 heteroatoms. The van der Waals surface area contributed by atoms with Gasteiger partial charge in [0.15, 0.2) is 5.13 Å². The maximum atomic E-state index is 12.9. The van der Waals surface area contributed by atoms with Gasteiger partial charge >= 0.3 is 5.97 Å². The summed E-state index contributed by atoms with van der Waals surface area (Å²) in [5.74, 6) is 0.370. The molecule has 3 heterocycles. The van der Waals surface area contributed by atoms with E-state index in [1.807, 2.05) is 39.0 Å². The van der Waals surface area contributed by atoms with Crippen LogP contribution in [0, 0.1) is 19.8 Å². The summed E-state index contributed by atoms with van der Waals surface area (Å²) in [7, 11) is 1.63. The summed E-state index contributed by atoms with van der Waals surface area (Å²) in [5.41, 5.74) is 1.67. The van der Waals surface area contributed by atoms with Gasteiger partial charge in [-0.3, -0.25) is 14.5 Å². The van der Waals surface area contributed by atoms with Gasteiger partial charge in [-0.05, 0) is 58.7 Å². The highest BCUT2D eigenvalue weighted by atomic mass is 32.1. The number of ether oxygens (including phenoxy) is 1. The molecule has 0 spiro atoms. The molecule has 5 rings (SSSR count). The molecule has 1 saturated carbocycles. The lowest BCUT2D eigenvalue weighted by molar-refractivity contribution is -0.138. The van der Waals surface area contributed by atoms with Crippen molar-refractivity contribution >= 4 is 51.5 Å². The van der Waals surface area contributed by atoms with Gasteiger partial charge in [0.25, 0.3) is 6.47 Å². The number of nitrogens with one attached hydrogen (secondary N) is 1. The monoisotopic (exact) mass is 581 g/mol. The van der Waals surface area contributed by atoms with E-state index in [-0.39, 0.29) is 28.3 Å². The first-order valence-electron chi connectivity index (χ1n) is 12.8. The molecule has 13 nitrogen and oxygen atoms in total. The number of amides is 1. The third-order valence-corrected chi connectivity index (χ3v) is 7.47. The lowest BCUT2D eigenvalue weighted by Gasteiger charge is -2.36. The van der Waals surface area contributed by atoms with Crippen molar-refractivity contribution in [2.24, 2.45) is 5.92 Å². The Balaban J connectivity index is 0.000000493. The van der Waals surface area contributed by atoms with E-state index in [2.05, 4.69) is 35.1 Å². The molecule has 0 bridgehead atoms. The van der Waals surface area contributed by atoms with E-state index in [0.717, 1.165) is 27.8 Å². The minimum Gasteiger partial charge on any atom is -0.477 e. The summed E-state index contributed by atoms with van der Waals surface area (Å²) in [5, 5.41) is 17.8. The van der Waals surface area contributed by atoms with Gasteiger partial charge in [0.2, 0.25) is 17.6 Å². The Kier molecular flexibility index (Phi) is 8.61. The Labute approximate surface area is 240 Å². The quantitative estimate of drug-likeness (QED) is 0.297. The Morgan fingerprint density at radius 3 is 2.49 bits per heavy atom. The first-order chi connectivity index (χ1) is 19.4. The van der Waals surface area contributed by atoms with Crippen LogP contribution in [0.4, 0.5) is 10.9 Å². The largest absolute Gasteiger partial charge is 0.477 e. The molecule has 0 radical (unpaired) electrons. The van der Waals surface area contributed by atoms with E-state index >= 15 is 0 Å². The number of hydrogen-bond donors (Lipinski definition) is 2. The van der Waals surface area contributed by atoms with Crippen LogP contribution in [-0.4, -0.2) is 67.2 Å². The normalized spacial score (nSPS) is 16.2. The Morgan fingerprint density at radius 1 is 1.20 bits per heavy atom. The zero-order valence-corrected chi connectivity index (χ0v) is 24.4. The van der Waals surface area contributed by atoms with Crippen LogP contribution >= 0.6 is 11.3 Å². The number of anilines is 2. The fraction of sp³-hybridized carbons (Fsp3) is 0.407. The number of hydrogen-bond acceptors (Lipinski definition) is 12. The molecule has 41 heavy (non-hydrogen) atoms. The number of fused-ring (bicyclic) bond motifs is 1. The van der Waals surface area contributed by atoms with E-state index in [1.54, 1.807) is 20.9 Å². The van der Waals surface area contributed by atoms with Gasteiger partial charge in [-0.15, -0.1) is 0 Å². The number of benzene rings is 1. The number of nitrogens with zero attached hydrogens (tertiary/aromatic N) is 6. The van der Waals surface area contributed by atoms with Crippen LogP contribution in [0.3, 0.4) is 0 Å². The summed E-state index contributed by atoms with van der Waals surface area (Å²) < 4.78 is 9.63. The number of aryl methyl sites for hydroxylation is 2. The zero-order valence-electron chi connectivity index (χ0n) is 23.5. The molecule has 1 amide bonds. The Hall–Kier alpha value is -4.46. The second-order valence-corrected chi connectivity index (χ2v) is 11.5. The second-order valence-electron chi connectivity index (χ2n) is 10.5. The third-order valence-electron chi connectivity index (χ3n) is 6.25. The number of carboxylic acid groups (broad SMARTS) is 1. The van der Waals surface area contributed by atoms with Crippen molar-refractivity contribution in [2.45, 2.75) is 59.1 Å². The van der Waals surface area contributed by atoms with E-state index < -0.39 is 5.97 Å². The molecule has 1 aromatic carbocycles. The smallest absolute Gasteiger partial charge is 0.347 e. The number of rotatable bonds is 7. The van der Waals surface area contributed by atoms with Crippen LogP contribution in [0.25, 0.3) is 22.3 Å². The van der Waals surface area contributed by atoms with Crippen LogP contribution in [0.15, 0.2) is 29.0 Å². The summed E-state index contributed by atoms with van der Waals surface area (Å²) in [6.07, 6.45) is 2.77. The highest BCUT2D eigenvalue weighted by Crippen LogP contribution is 2.35. The minimum absolute atomic E-state index is 0.0733. The van der Waals surface area contributed by atoms with Crippen molar-refractivity contribution < 1.29 is 28.8 Å². The predicted octanol–water partition coefficient (Wildman–Crippen LogP) is 4.26. The Bertz CT molecular complexity index is 1570. The molecular weight excluding hydrogens is 550 g/mol. The average molecular weight is 582 g/mol. The number of carbonyl (C=O) groups excluding carboxylic acids is 2. The number of carbonyl (C=O) groups is 3. The maximum Gasteiger partial charge on any atom is 0.347 e. The maximum absolute atomic E-state index is 12.9. The molecule has 1 fully saturated rings. The lowest BCUT2D eigenvalue weighted by atomic mass is 9.79. The number of aromatic carboxylic acids is 1. The fourth-order valence-corrected chi connectivity index (χ4v) is 4.97. The van der Waals surface area contributed by atoms with Crippen LogP contribution in [0.5, 0.6) is 0 Å². The first-order valence-corrected chi connectivity index (χ1v) is 13.6. The predicted molar refractivity (Wildman–Crippen MR) is 152 cm³/mol. The molecule has 1 aliphatic carbocycles. The molecule has 1 aliphatic rings. The molecule has 2 N–H and O–H groups in total. The van der Waals surface area contributed by atoms with E-state index in [9.17, 15) is 19.5 Å². The van der Waals surface area contributed by atoms with Crippen LogP contribution in [0.1, 0.15) is 54.9 Å². The lowest BCUT2D eigenvalue weighted by Crippen LogP contribution is -2.45. The first kappa shape index (κ1) is 29.5.